The largest absolute Gasteiger partial charge is 0.493 e. The summed E-state index contributed by atoms with van der Waals surface area (Å²) >= 11 is 0. The van der Waals surface area contributed by atoms with E-state index in [1.54, 1.807) is 18.4 Å². The fraction of sp³-hybridized carbons (Fsp3) is 0.320. The Kier molecular flexibility index (Phi) is 6.66. The number of methoxy groups -OCH3 is 3. The molecule has 2 aromatic carbocycles. The average molecular weight is 437 g/mol. The molecule has 0 bridgehead atoms. The van der Waals surface area contributed by atoms with E-state index in [4.69, 9.17) is 18.6 Å². The summed E-state index contributed by atoms with van der Waals surface area (Å²) in [5.41, 5.74) is 3.12. The molecule has 1 amide bonds. The molecule has 1 atom stereocenters. The van der Waals surface area contributed by atoms with Crippen molar-refractivity contribution in [2.75, 3.05) is 34.4 Å². The van der Waals surface area contributed by atoms with Crippen LogP contribution >= 0.6 is 0 Å². The molecular weight excluding hydrogens is 408 g/mol. The van der Waals surface area contributed by atoms with E-state index in [0.717, 1.165) is 25.3 Å². The van der Waals surface area contributed by atoms with E-state index in [2.05, 4.69) is 34.5 Å². The molecule has 168 valence electrons. The minimum atomic E-state index is -0.224. The van der Waals surface area contributed by atoms with E-state index in [1.807, 2.05) is 12.1 Å². The van der Waals surface area contributed by atoms with Crippen LogP contribution in [0.4, 0.5) is 0 Å². The maximum Gasteiger partial charge on any atom is 0.251 e. The van der Waals surface area contributed by atoms with Gasteiger partial charge in [0.15, 0.2) is 11.5 Å². The number of fused-ring (bicyclic) bond motifs is 1. The molecule has 1 aliphatic heterocycles. The van der Waals surface area contributed by atoms with E-state index in [9.17, 15) is 4.79 Å². The Bertz CT molecular complexity index is 1040. The quantitative estimate of drug-likeness (QED) is 0.579. The van der Waals surface area contributed by atoms with Crippen LogP contribution in [0.5, 0.6) is 17.2 Å². The van der Waals surface area contributed by atoms with Crippen molar-refractivity contribution < 1.29 is 23.4 Å². The van der Waals surface area contributed by atoms with Crippen molar-refractivity contribution in [2.24, 2.45) is 0 Å². The zero-order chi connectivity index (χ0) is 22.5. The average Bonchev–Trinajstić information content (AvgIpc) is 3.37. The predicted octanol–water partition coefficient (Wildman–Crippen LogP) is 3.83. The molecule has 0 radical (unpaired) electrons. The maximum atomic E-state index is 13.0. The Morgan fingerprint density at radius 1 is 1.03 bits per heavy atom. The van der Waals surface area contributed by atoms with Crippen LogP contribution in [-0.4, -0.2) is 45.2 Å². The number of amides is 1. The highest BCUT2D eigenvalue weighted by atomic mass is 16.5. The monoisotopic (exact) mass is 436 g/mol. The Labute approximate surface area is 187 Å². The summed E-state index contributed by atoms with van der Waals surface area (Å²) in [7, 11) is 4.59. The van der Waals surface area contributed by atoms with Crippen molar-refractivity contribution in [3.05, 3.63) is 77.2 Å². The predicted molar refractivity (Wildman–Crippen MR) is 120 cm³/mol. The summed E-state index contributed by atoms with van der Waals surface area (Å²) in [6, 6.07) is 15.5. The van der Waals surface area contributed by atoms with Gasteiger partial charge in [-0.3, -0.25) is 9.69 Å². The lowest BCUT2D eigenvalue weighted by Gasteiger charge is -2.34. The number of hydrogen-bond acceptors (Lipinski definition) is 6. The van der Waals surface area contributed by atoms with Gasteiger partial charge in [0.05, 0.1) is 33.6 Å². The summed E-state index contributed by atoms with van der Waals surface area (Å²) in [6.07, 6.45) is 2.63. The zero-order valence-electron chi connectivity index (χ0n) is 18.6. The fourth-order valence-electron chi connectivity index (χ4n) is 4.18. The number of carbonyl (C=O) groups is 1. The summed E-state index contributed by atoms with van der Waals surface area (Å²) < 4.78 is 21.8. The molecular formula is C25H28N2O5. The molecule has 1 N–H and O–H groups in total. The lowest BCUT2D eigenvalue weighted by molar-refractivity contribution is 0.0918. The summed E-state index contributed by atoms with van der Waals surface area (Å²) in [5.74, 6) is 1.93. The van der Waals surface area contributed by atoms with E-state index < -0.39 is 0 Å². The first-order valence-electron chi connectivity index (χ1n) is 10.6. The zero-order valence-corrected chi connectivity index (χ0v) is 18.6. The highest BCUT2D eigenvalue weighted by molar-refractivity contribution is 5.95. The van der Waals surface area contributed by atoms with Gasteiger partial charge in [0.25, 0.3) is 5.91 Å². The molecule has 4 rings (SSSR count). The van der Waals surface area contributed by atoms with Gasteiger partial charge in [0, 0.05) is 25.2 Å². The first kappa shape index (κ1) is 21.8. The second kappa shape index (κ2) is 9.78. The summed E-state index contributed by atoms with van der Waals surface area (Å²) in [5, 5.41) is 3.06. The summed E-state index contributed by atoms with van der Waals surface area (Å²) in [6.45, 7) is 2.11. The van der Waals surface area contributed by atoms with Crippen molar-refractivity contribution in [2.45, 2.75) is 19.0 Å². The van der Waals surface area contributed by atoms with Gasteiger partial charge in [-0.05, 0) is 41.8 Å². The third kappa shape index (κ3) is 4.43. The number of hydrogen-bond donors (Lipinski definition) is 1. The van der Waals surface area contributed by atoms with Crippen LogP contribution in [0, 0.1) is 0 Å². The topological polar surface area (TPSA) is 73.2 Å². The minimum Gasteiger partial charge on any atom is -0.493 e. The highest BCUT2D eigenvalue weighted by Gasteiger charge is 2.27. The Morgan fingerprint density at radius 3 is 2.38 bits per heavy atom. The lowest BCUT2D eigenvalue weighted by atomic mass is 9.98. The highest BCUT2D eigenvalue weighted by Crippen LogP contribution is 2.38. The van der Waals surface area contributed by atoms with Crippen molar-refractivity contribution in [1.82, 2.24) is 10.2 Å². The molecule has 0 saturated heterocycles. The van der Waals surface area contributed by atoms with Gasteiger partial charge < -0.3 is 23.9 Å². The van der Waals surface area contributed by atoms with Crippen LogP contribution in [0.3, 0.4) is 0 Å². The first-order chi connectivity index (χ1) is 15.6. The number of furan rings is 1. The molecule has 0 saturated carbocycles. The molecule has 3 aromatic rings. The van der Waals surface area contributed by atoms with Gasteiger partial charge >= 0.3 is 0 Å². The molecule has 1 aliphatic rings. The minimum absolute atomic E-state index is 0.0793. The number of nitrogens with zero attached hydrogens (tertiary/aromatic N) is 1. The molecule has 7 nitrogen and oxygen atoms in total. The Balaban J connectivity index is 1.53. The molecule has 2 heterocycles. The fourth-order valence-corrected chi connectivity index (χ4v) is 4.18. The Hall–Kier alpha value is -3.45. The van der Waals surface area contributed by atoms with Crippen molar-refractivity contribution in [1.29, 1.82) is 0 Å². The lowest BCUT2D eigenvalue weighted by Crippen LogP contribution is -2.40. The van der Waals surface area contributed by atoms with Crippen LogP contribution in [0.15, 0.2) is 59.2 Å². The second-order valence-corrected chi connectivity index (χ2v) is 7.64. The molecule has 32 heavy (non-hydrogen) atoms. The second-order valence-electron chi connectivity index (χ2n) is 7.64. The van der Waals surface area contributed by atoms with Crippen molar-refractivity contribution in [3.8, 4) is 17.2 Å². The van der Waals surface area contributed by atoms with Gasteiger partial charge in [-0.15, -0.1) is 0 Å². The Morgan fingerprint density at radius 2 is 1.75 bits per heavy atom. The SMILES string of the molecule is COc1cc(C(=O)NC[C@@H](c2ccco2)N2CCc3ccccc3C2)cc(OC)c1OC. The van der Waals surface area contributed by atoms with Crippen LogP contribution < -0.4 is 19.5 Å². The third-order valence-corrected chi connectivity index (χ3v) is 5.86. The van der Waals surface area contributed by atoms with E-state index >= 15 is 0 Å². The number of rotatable bonds is 8. The molecule has 0 unspecified atom stereocenters. The number of nitrogens with one attached hydrogen (secondary N) is 1. The third-order valence-electron chi connectivity index (χ3n) is 5.86. The van der Waals surface area contributed by atoms with Crippen LogP contribution in [-0.2, 0) is 13.0 Å². The van der Waals surface area contributed by atoms with Gasteiger partial charge in [0.2, 0.25) is 5.75 Å². The van der Waals surface area contributed by atoms with E-state index in [-0.39, 0.29) is 11.9 Å². The first-order valence-corrected chi connectivity index (χ1v) is 10.6. The molecule has 0 aliphatic carbocycles. The molecule has 1 aromatic heterocycles. The van der Waals surface area contributed by atoms with Gasteiger partial charge in [-0.25, -0.2) is 0 Å². The van der Waals surface area contributed by atoms with Crippen molar-refractivity contribution >= 4 is 5.91 Å². The van der Waals surface area contributed by atoms with Gasteiger partial charge in [-0.2, -0.15) is 0 Å². The number of ether oxygens (including phenoxy) is 3. The standard InChI is InChI=1S/C25H28N2O5/c1-29-22-13-19(14-23(30-2)24(22)31-3)25(28)26-15-20(21-9-6-12-32-21)27-11-10-17-7-4-5-8-18(17)16-27/h4-9,12-14,20H,10-11,15-16H2,1-3H3,(H,26,28)/t20-/m0/s1. The molecule has 0 fully saturated rings. The van der Waals surface area contributed by atoms with Gasteiger partial charge in [0.1, 0.15) is 5.76 Å². The van der Waals surface area contributed by atoms with Crippen molar-refractivity contribution in [3.63, 3.8) is 0 Å². The van der Waals surface area contributed by atoms with Gasteiger partial charge in [-0.1, -0.05) is 24.3 Å². The van der Waals surface area contributed by atoms with E-state index in [1.165, 1.54) is 32.5 Å². The summed E-state index contributed by atoms with van der Waals surface area (Å²) in [4.78, 5) is 15.4. The molecule has 0 spiro atoms. The number of benzene rings is 2. The maximum absolute atomic E-state index is 13.0. The smallest absolute Gasteiger partial charge is 0.251 e. The van der Waals surface area contributed by atoms with Crippen LogP contribution in [0.2, 0.25) is 0 Å². The van der Waals surface area contributed by atoms with Crippen LogP contribution in [0.1, 0.15) is 33.3 Å². The molecule has 7 heteroatoms. The van der Waals surface area contributed by atoms with Crippen LogP contribution in [0.25, 0.3) is 0 Å². The number of carbonyl (C=O) groups excluding carboxylic acids is 1. The normalized spacial score (nSPS) is 14.3. The van der Waals surface area contributed by atoms with E-state index in [0.29, 0.717) is 29.4 Å².